The average molecular weight is 230 g/mol. The van der Waals surface area contributed by atoms with Gasteiger partial charge in [0, 0.05) is 0 Å². The van der Waals surface area contributed by atoms with Crippen LogP contribution in [0, 0.1) is 12.3 Å². The summed E-state index contributed by atoms with van der Waals surface area (Å²) >= 11 is 0. The molecule has 0 aliphatic rings. The van der Waals surface area contributed by atoms with Gasteiger partial charge < -0.3 is 14.6 Å². The molecule has 88 valence electrons. The molecule has 0 saturated heterocycles. The Hall–Kier alpha value is -0.343. The van der Waals surface area contributed by atoms with E-state index in [0.717, 1.165) is 0 Å². The minimum Gasteiger partial charge on any atom is -0.414 e. The topological polar surface area (TPSA) is 49.7 Å². The zero-order valence-electron chi connectivity index (χ0n) is 10.2. The van der Waals surface area contributed by atoms with Crippen LogP contribution >= 0.6 is 0 Å². The van der Waals surface area contributed by atoms with Crippen molar-refractivity contribution in [2.24, 2.45) is 0 Å². The zero-order valence-corrected chi connectivity index (χ0v) is 11.2. The summed E-state index contributed by atoms with van der Waals surface area (Å²) in [5, 5.41) is 18.7. The molecule has 2 N–H and O–H groups in total. The molecule has 0 saturated carbocycles. The van der Waals surface area contributed by atoms with Gasteiger partial charge in [0.15, 0.2) is 8.32 Å². The van der Waals surface area contributed by atoms with E-state index >= 15 is 0 Å². The maximum Gasteiger partial charge on any atom is 0.192 e. The highest BCUT2D eigenvalue weighted by molar-refractivity contribution is 6.74. The van der Waals surface area contributed by atoms with E-state index in [-0.39, 0.29) is 11.6 Å². The minimum atomic E-state index is -1.87. The average Bonchev–Trinajstić information content (AvgIpc) is 2.11. The van der Waals surface area contributed by atoms with Crippen LogP contribution in [0.3, 0.4) is 0 Å². The summed E-state index contributed by atoms with van der Waals surface area (Å²) in [4.78, 5) is 0. The molecule has 4 heteroatoms. The molecular formula is C11H22O3Si. The van der Waals surface area contributed by atoms with E-state index in [1.54, 1.807) is 0 Å². The van der Waals surface area contributed by atoms with Crippen molar-refractivity contribution in [3.8, 4) is 12.3 Å². The fraction of sp³-hybridized carbons (Fsp3) is 0.818. The third kappa shape index (κ3) is 4.35. The molecule has 0 aromatic carbocycles. The van der Waals surface area contributed by atoms with E-state index in [4.69, 9.17) is 10.8 Å². The highest BCUT2D eigenvalue weighted by Crippen LogP contribution is 2.36. The smallest absolute Gasteiger partial charge is 0.192 e. The normalized spacial score (nSPS) is 16.9. The Morgan fingerprint density at radius 2 is 1.80 bits per heavy atom. The molecule has 0 bridgehead atoms. The molecule has 2 atom stereocenters. The fourth-order valence-corrected chi connectivity index (χ4v) is 1.73. The van der Waals surface area contributed by atoms with Crippen molar-refractivity contribution in [2.45, 2.75) is 51.1 Å². The summed E-state index contributed by atoms with van der Waals surface area (Å²) in [6.45, 7) is 10.6. The summed E-state index contributed by atoms with van der Waals surface area (Å²) in [5.41, 5.74) is 0. The van der Waals surface area contributed by atoms with Gasteiger partial charge in [-0.2, -0.15) is 0 Å². The Morgan fingerprint density at radius 1 is 1.33 bits per heavy atom. The Kier molecular flexibility index (Phi) is 5.01. The summed E-state index contributed by atoms with van der Waals surface area (Å²) in [5.74, 6) is 2.08. The van der Waals surface area contributed by atoms with Crippen LogP contribution in [-0.4, -0.2) is 37.3 Å². The third-order valence-corrected chi connectivity index (χ3v) is 7.46. The van der Waals surface area contributed by atoms with Gasteiger partial charge in [0.05, 0.1) is 6.61 Å². The van der Waals surface area contributed by atoms with Crippen molar-refractivity contribution in [2.75, 3.05) is 6.61 Å². The van der Waals surface area contributed by atoms with Crippen molar-refractivity contribution in [3.63, 3.8) is 0 Å². The number of aliphatic hydroxyl groups excluding tert-OH is 2. The predicted octanol–water partition coefficient (Wildman–Crippen LogP) is 1.36. The Balaban J connectivity index is 4.23. The molecule has 15 heavy (non-hydrogen) atoms. The first-order chi connectivity index (χ1) is 6.62. The molecule has 0 fully saturated rings. The quantitative estimate of drug-likeness (QED) is 0.566. The van der Waals surface area contributed by atoms with Crippen LogP contribution in [0.25, 0.3) is 0 Å². The molecular weight excluding hydrogens is 208 g/mol. The van der Waals surface area contributed by atoms with Crippen molar-refractivity contribution in [3.05, 3.63) is 0 Å². The van der Waals surface area contributed by atoms with Crippen LogP contribution in [0.2, 0.25) is 18.1 Å². The molecule has 0 radical (unpaired) electrons. The number of terminal acetylenes is 1. The number of hydrogen-bond acceptors (Lipinski definition) is 3. The molecule has 0 aliphatic heterocycles. The van der Waals surface area contributed by atoms with Gasteiger partial charge >= 0.3 is 0 Å². The van der Waals surface area contributed by atoms with E-state index in [9.17, 15) is 10.2 Å². The summed E-state index contributed by atoms with van der Waals surface area (Å²) in [6.07, 6.45) is 2.85. The number of rotatable bonds is 4. The minimum absolute atomic E-state index is 0.0911. The van der Waals surface area contributed by atoms with Crippen molar-refractivity contribution < 1.29 is 14.6 Å². The first-order valence-electron chi connectivity index (χ1n) is 5.08. The standard InChI is InChI=1S/C11H22O3Si/c1-7-9(12)10(13)8-14-15(5,6)11(2,3)4/h1,9-10,12-13H,8H2,2-6H3/t9-,10-/m0/s1. The highest BCUT2D eigenvalue weighted by atomic mass is 28.4. The number of hydrogen-bond donors (Lipinski definition) is 2. The predicted molar refractivity (Wildman–Crippen MR) is 64.0 cm³/mol. The molecule has 0 spiro atoms. The van der Waals surface area contributed by atoms with Gasteiger partial charge in [-0.15, -0.1) is 6.42 Å². The molecule has 0 aromatic rings. The van der Waals surface area contributed by atoms with E-state index in [1.807, 2.05) is 0 Å². The zero-order chi connectivity index (χ0) is 12.3. The van der Waals surface area contributed by atoms with Crippen molar-refractivity contribution >= 4 is 8.32 Å². The van der Waals surface area contributed by atoms with Gasteiger partial charge in [0.2, 0.25) is 0 Å². The Morgan fingerprint density at radius 3 is 2.13 bits per heavy atom. The van der Waals surface area contributed by atoms with Crippen LogP contribution in [-0.2, 0) is 4.43 Å². The van der Waals surface area contributed by atoms with Crippen LogP contribution < -0.4 is 0 Å². The second-order valence-corrected chi connectivity index (χ2v) is 10.1. The maximum absolute atomic E-state index is 9.45. The first-order valence-corrected chi connectivity index (χ1v) is 7.99. The molecule has 0 unspecified atom stereocenters. The molecule has 0 amide bonds. The fourth-order valence-electron chi connectivity index (χ4n) is 0.712. The molecule has 0 rings (SSSR count). The summed E-state index contributed by atoms with van der Waals surface area (Å²) in [7, 11) is -1.87. The van der Waals surface area contributed by atoms with Gasteiger partial charge in [-0.1, -0.05) is 26.7 Å². The van der Waals surface area contributed by atoms with Crippen LogP contribution in [0.15, 0.2) is 0 Å². The lowest BCUT2D eigenvalue weighted by Gasteiger charge is -2.36. The monoisotopic (exact) mass is 230 g/mol. The van der Waals surface area contributed by atoms with E-state index < -0.39 is 20.5 Å². The lowest BCUT2D eigenvalue weighted by molar-refractivity contribution is 0.0174. The lowest BCUT2D eigenvalue weighted by atomic mass is 10.2. The highest BCUT2D eigenvalue weighted by Gasteiger charge is 2.37. The Labute approximate surface area is 93.6 Å². The number of aliphatic hydroxyl groups is 2. The van der Waals surface area contributed by atoms with Crippen LogP contribution in [0.5, 0.6) is 0 Å². The van der Waals surface area contributed by atoms with Gasteiger partial charge in [0.25, 0.3) is 0 Å². The largest absolute Gasteiger partial charge is 0.414 e. The molecule has 0 aromatic heterocycles. The second kappa shape index (κ2) is 5.13. The lowest BCUT2D eigenvalue weighted by Crippen LogP contribution is -2.44. The Bertz CT molecular complexity index is 237. The SMILES string of the molecule is C#C[C@H](O)[C@@H](O)CO[Si](C)(C)C(C)(C)C. The van der Waals surface area contributed by atoms with E-state index in [1.165, 1.54) is 0 Å². The van der Waals surface area contributed by atoms with Crippen LogP contribution in [0.4, 0.5) is 0 Å². The van der Waals surface area contributed by atoms with Crippen LogP contribution in [0.1, 0.15) is 20.8 Å². The van der Waals surface area contributed by atoms with Gasteiger partial charge in [-0.05, 0) is 18.1 Å². The molecule has 0 aliphatic carbocycles. The maximum atomic E-state index is 9.45. The first kappa shape index (κ1) is 14.7. The van der Waals surface area contributed by atoms with Gasteiger partial charge in [-0.25, -0.2) is 0 Å². The molecule has 0 heterocycles. The second-order valence-electron chi connectivity index (χ2n) is 5.25. The summed E-state index contributed by atoms with van der Waals surface area (Å²) in [6, 6.07) is 0. The third-order valence-electron chi connectivity index (χ3n) is 2.96. The van der Waals surface area contributed by atoms with Gasteiger partial charge in [0.1, 0.15) is 12.2 Å². The summed E-state index contributed by atoms with van der Waals surface area (Å²) < 4.78 is 5.71. The van der Waals surface area contributed by atoms with E-state index in [0.29, 0.717) is 0 Å². The van der Waals surface area contributed by atoms with Crippen molar-refractivity contribution in [1.82, 2.24) is 0 Å². The van der Waals surface area contributed by atoms with Gasteiger partial charge in [-0.3, -0.25) is 0 Å². The van der Waals surface area contributed by atoms with Crippen molar-refractivity contribution in [1.29, 1.82) is 0 Å². The van der Waals surface area contributed by atoms with E-state index in [2.05, 4.69) is 39.8 Å². The molecule has 3 nitrogen and oxygen atoms in total.